The third-order valence-corrected chi connectivity index (χ3v) is 3.11. The molecule has 0 fully saturated rings. The zero-order valence-corrected chi connectivity index (χ0v) is 10.2. The molecule has 0 saturated heterocycles. The highest BCUT2D eigenvalue weighted by molar-refractivity contribution is 6.32. The number of nitrogens with zero attached hydrogens (tertiary/aromatic N) is 1. The molecular weight excluding hydrogens is 265 g/mol. The number of hydrogen-bond acceptors (Lipinski definition) is 3. The van der Waals surface area contributed by atoms with E-state index in [0.717, 1.165) is 11.1 Å². The van der Waals surface area contributed by atoms with Gasteiger partial charge in [-0.25, -0.2) is 4.79 Å². The van der Waals surface area contributed by atoms with Gasteiger partial charge in [-0.05, 0) is 11.6 Å². The van der Waals surface area contributed by atoms with E-state index in [2.05, 4.69) is 5.16 Å². The Morgan fingerprint density at radius 1 is 1.59 bits per heavy atom. The van der Waals surface area contributed by atoms with E-state index in [4.69, 9.17) is 33.1 Å². The van der Waals surface area contributed by atoms with Crippen LogP contribution in [0.4, 0.5) is 0 Å². The lowest BCUT2D eigenvalue weighted by Gasteiger charge is -2.03. The summed E-state index contributed by atoms with van der Waals surface area (Å²) in [6, 6.07) is 5.31. The molecule has 4 nitrogen and oxygen atoms in total. The summed E-state index contributed by atoms with van der Waals surface area (Å²) >= 11 is 11.7. The number of rotatable bonds is 3. The molecule has 90 valence electrons. The van der Waals surface area contributed by atoms with E-state index in [1.807, 2.05) is 0 Å². The smallest absolute Gasteiger partial charge is 0.348 e. The van der Waals surface area contributed by atoms with E-state index in [1.54, 1.807) is 18.2 Å². The lowest BCUT2D eigenvalue weighted by molar-refractivity contribution is -0.148. The third kappa shape index (κ3) is 2.53. The highest BCUT2D eigenvalue weighted by atomic mass is 35.5. The molecule has 0 aliphatic carbocycles. The van der Waals surface area contributed by atoms with Crippen LogP contribution in [0, 0.1) is 0 Å². The second-order valence-electron chi connectivity index (χ2n) is 3.61. The molecule has 1 N–H and O–H groups in total. The highest BCUT2D eigenvalue weighted by Crippen LogP contribution is 2.23. The van der Waals surface area contributed by atoms with E-state index in [1.165, 1.54) is 0 Å². The van der Waals surface area contributed by atoms with E-state index < -0.39 is 12.1 Å². The molecule has 0 radical (unpaired) electrons. The van der Waals surface area contributed by atoms with Crippen LogP contribution in [0.25, 0.3) is 0 Å². The third-order valence-electron chi connectivity index (χ3n) is 2.47. The molecule has 1 heterocycles. The van der Waals surface area contributed by atoms with Crippen molar-refractivity contribution in [2.24, 2.45) is 5.16 Å². The number of alkyl halides is 1. The first-order valence-corrected chi connectivity index (χ1v) is 5.83. The summed E-state index contributed by atoms with van der Waals surface area (Å²) in [5.41, 5.74) is 2.17. The van der Waals surface area contributed by atoms with Crippen molar-refractivity contribution in [3.63, 3.8) is 0 Å². The van der Waals surface area contributed by atoms with Crippen LogP contribution in [-0.2, 0) is 15.5 Å². The number of carboxylic acid groups (broad SMARTS) is 1. The predicted octanol–water partition coefficient (Wildman–Crippen LogP) is 2.66. The fourth-order valence-corrected chi connectivity index (χ4v) is 2.06. The van der Waals surface area contributed by atoms with Crippen molar-refractivity contribution in [3.8, 4) is 0 Å². The SMILES string of the molecule is O=C(O)C1CC(c2ccc(CCl)c(Cl)c2)=NO1. The number of aliphatic carboxylic acids is 1. The van der Waals surface area contributed by atoms with Gasteiger partial charge in [0.25, 0.3) is 0 Å². The topological polar surface area (TPSA) is 58.9 Å². The van der Waals surface area contributed by atoms with Gasteiger partial charge in [-0.2, -0.15) is 0 Å². The van der Waals surface area contributed by atoms with Gasteiger partial charge < -0.3 is 9.94 Å². The molecule has 0 aromatic heterocycles. The van der Waals surface area contributed by atoms with E-state index in [9.17, 15) is 4.79 Å². The normalized spacial score (nSPS) is 18.7. The Kier molecular flexibility index (Phi) is 3.54. The van der Waals surface area contributed by atoms with Gasteiger partial charge in [-0.1, -0.05) is 28.9 Å². The van der Waals surface area contributed by atoms with Gasteiger partial charge in [0.2, 0.25) is 6.10 Å². The highest BCUT2D eigenvalue weighted by Gasteiger charge is 2.28. The minimum Gasteiger partial charge on any atom is -0.478 e. The molecule has 1 unspecified atom stereocenters. The zero-order chi connectivity index (χ0) is 12.4. The van der Waals surface area contributed by atoms with Gasteiger partial charge in [0, 0.05) is 22.9 Å². The van der Waals surface area contributed by atoms with Gasteiger partial charge in [0.1, 0.15) is 0 Å². The average molecular weight is 274 g/mol. The molecule has 1 atom stereocenters. The van der Waals surface area contributed by atoms with Crippen LogP contribution in [0.5, 0.6) is 0 Å². The number of oxime groups is 1. The van der Waals surface area contributed by atoms with Crippen LogP contribution in [0.1, 0.15) is 17.5 Å². The fraction of sp³-hybridized carbons (Fsp3) is 0.273. The van der Waals surface area contributed by atoms with Crippen LogP contribution < -0.4 is 0 Å². The summed E-state index contributed by atoms with van der Waals surface area (Å²) in [4.78, 5) is 15.5. The van der Waals surface area contributed by atoms with Crippen LogP contribution in [0.15, 0.2) is 23.4 Å². The minimum absolute atomic E-state index is 0.242. The van der Waals surface area contributed by atoms with E-state index in [-0.39, 0.29) is 6.42 Å². The average Bonchev–Trinajstić information content (AvgIpc) is 2.78. The molecule has 0 bridgehead atoms. The molecule has 0 amide bonds. The summed E-state index contributed by atoms with van der Waals surface area (Å²) in [5.74, 6) is -0.688. The molecule has 0 spiro atoms. The Hall–Kier alpha value is -1.26. The Balaban J connectivity index is 2.20. The molecule has 1 aliphatic rings. The Morgan fingerprint density at radius 2 is 2.35 bits per heavy atom. The van der Waals surface area contributed by atoms with Crippen molar-refractivity contribution in [2.45, 2.75) is 18.4 Å². The second kappa shape index (κ2) is 4.94. The molecule has 17 heavy (non-hydrogen) atoms. The Bertz CT molecular complexity index is 488. The maximum Gasteiger partial charge on any atom is 0.348 e. The summed E-state index contributed by atoms with van der Waals surface area (Å²) in [6.07, 6.45) is -0.664. The summed E-state index contributed by atoms with van der Waals surface area (Å²) < 4.78 is 0. The monoisotopic (exact) mass is 273 g/mol. The van der Waals surface area contributed by atoms with Gasteiger partial charge in [0.05, 0.1) is 5.71 Å². The number of halogens is 2. The van der Waals surface area contributed by atoms with Crippen molar-refractivity contribution in [3.05, 3.63) is 34.3 Å². The quantitative estimate of drug-likeness (QED) is 0.862. The summed E-state index contributed by atoms with van der Waals surface area (Å²) in [6.45, 7) is 0. The lowest BCUT2D eigenvalue weighted by Crippen LogP contribution is -2.19. The van der Waals surface area contributed by atoms with Gasteiger partial charge in [-0.15, -0.1) is 11.6 Å². The molecular formula is C11H9Cl2NO3. The van der Waals surface area contributed by atoms with Crippen LogP contribution in [-0.4, -0.2) is 22.9 Å². The molecule has 1 aromatic carbocycles. The predicted molar refractivity (Wildman–Crippen MR) is 64.7 cm³/mol. The molecule has 1 aromatic rings. The first kappa shape index (κ1) is 12.2. The number of carboxylic acids is 1. The molecule has 6 heteroatoms. The summed E-state index contributed by atoms with van der Waals surface area (Å²) in [5, 5.41) is 13.1. The maximum absolute atomic E-state index is 10.7. The van der Waals surface area contributed by atoms with Crippen molar-refractivity contribution >= 4 is 34.9 Å². The first-order valence-electron chi connectivity index (χ1n) is 4.92. The minimum atomic E-state index is -1.02. The van der Waals surface area contributed by atoms with Crippen molar-refractivity contribution in [2.75, 3.05) is 0 Å². The zero-order valence-electron chi connectivity index (χ0n) is 8.69. The molecule has 2 rings (SSSR count). The van der Waals surface area contributed by atoms with Crippen molar-refractivity contribution in [1.82, 2.24) is 0 Å². The van der Waals surface area contributed by atoms with Gasteiger partial charge in [0.15, 0.2) is 0 Å². The molecule has 1 aliphatic heterocycles. The standard InChI is InChI=1S/C11H9Cl2NO3/c12-5-7-2-1-6(3-8(7)13)9-4-10(11(15)16)17-14-9/h1-3,10H,4-5H2,(H,15,16). The first-order chi connectivity index (χ1) is 8.11. The van der Waals surface area contributed by atoms with E-state index in [0.29, 0.717) is 16.6 Å². The number of carbonyl (C=O) groups is 1. The van der Waals surface area contributed by atoms with Crippen molar-refractivity contribution < 1.29 is 14.7 Å². The van der Waals surface area contributed by atoms with Crippen molar-refractivity contribution in [1.29, 1.82) is 0 Å². The van der Waals surface area contributed by atoms with E-state index >= 15 is 0 Å². The lowest BCUT2D eigenvalue weighted by atomic mass is 10.0. The van der Waals surface area contributed by atoms with Crippen LogP contribution in [0.2, 0.25) is 5.02 Å². The second-order valence-corrected chi connectivity index (χ2v) is 4.29. The number of benzene rings is 1. The van der Waals surface area contributed by atoms with Crippen LogP contribution >= 0.6 is 23.2 Å². The largest absolute Gasteiger partial charge is 0.478 e. The Labute approximate surface area is 108 Å². The molecule has 0 saturated carbocycles. The Morgan fingerprint density at radius 3 is 2.88 bits per heavy atom. The van der Waals surface area contributed by atoms with Gasteiger partial charge >= 0.3 is 5.97 Å². The number of hydrogen-bond donors (Lipinski definition) is 1. The maximum atomic E-state index is 10.7. The summed E-state index contributed by atoms with van der Waals surface area (Å²) in [7, 11) is 0. The van der Waals surface area contributed by atoms with Crippen LogP contribution in [0.3, 0.4) is 0 Å². The van der Waals surface area contributed by atoms with Gasteiger partial charge in [-0.3, -0.25) is 0 Å². The fourth-order valence-electron chi connectivity index (χ4n) is 1.52.